The topological polar surface area (TPSA) is 48.1 Å². The zero-order valence-corrected chi connectivity index (χ0v) is 9.43. The normalized spacial score (nSPS) is 11.4. The molecule has 78 valence electrons. The van der Waals surface area contributed by atoms with Gasteiger partial charge in [-0.2, -0.15) is 0 Å². The first-order valence-corrected chi connectivity index (χ1v) is 4.92. The van der Waals surface area contributed by atoms with Crippen LogP contribution in [0.2, 0.25) is 5.02 Å². The van der Waals surface area contributed by atoms with E-state index < -0.39 is 0 Å². The lowest BCUT2D eigenvalue weighted by Crippen LogP contribution is -2.27. The molecule has 0 spiro atoms. The van der Waals surface area contributed by atoms with Crippen molar-refractivity contribution in [3.05, 3.63) is 17.3 Å². The second-order valence-electron chi connectivity index (χ2n) is 3.77. The zero-order chi connectivity index (χ0) is 10.8. The van der Waals surface area contributed by atoms with E-state index in [4.69, 9.17) is 22.1 Å². The van der Waals surface area contributed by atoms with E-state index in [-0.39, 0.29) is 5.60 Å². The molecule has 4 heteroatoms. The molecule has 0 aliphatic rings. The molecule has 0 amide bonds. The van der Waals surface area contributed by atoms with Crippen LogP contribution in [-0.2, 0) is 0 Å². The van der Waals surface area contributed by atoms with Crippen LogP contribution >= 0.6 is 11.6 Å². The van der Waals surface area contributed by atoms with E-state index in [2.05, 4.69) is 4.98 Å². The third-order valence-electron chi connectivity index (χ3n) is 2.05. The van der Waals surface area contributed by atoms with Gasteiger partial charge in [0.2, 0.25) is 5.88 Å². The summed E-state index contributed by atoms with van der Waals surface area (Å²) in [5.74, 6) is 0.438. The standard InChI is InChI=1S/C10H15ClN2O/c1-4-10(2,3)14-9-8(11)5-7(12)6-13-9/h5-6H,4,12H2,1-3H3. The van der Waals surface area contributed by atoms with Gasteiger partial charge >= 0.3 is 0 Å². The van der Waals surface area contributed by atoms with Gasteiger partial charge in [-0.25, -0.2) is 4.98 Å². The second-order valence-corrected chi connectivity index (χ2v) is 4.18. The summed E-state index contributed by atoms with van der Waals surface area (Å²) in [5, 5.41) is 0.450. The van der Waals surface area contributed by atoms with E-state index in [0.29, 0.717) is 16.6 Å². The molecule has 0 unspecified atom stereocenters. The van der Waals surface area contributed by atoms with Crippen molar-refractivity contribution < 1.29 is 4.74 Å². The molecule has 0 atom stereocenters. The highest BCUT2D eigenvalue weighted by Crippen LogP contribution is 2.27. The van der Waals surface area contributed by atoms with Crippen molar-refractivity contribution in [1.82, 2.24) is 4.98 Å². The first-order chi connectivity index (χ1) is 6.44. The number of anilines is 1. The third kappa shape index (κ3) is 2.77. The van der Waals surface area contributed by atoms with E-state index in [0.717, 1.165) is 6.42 Å². The van der Waals surface area contributed by atoms with Gasteiger partial charge in [-0.3, -0.25) is 0 Å². The minimum absolute atomic E-state index is 0.257. The predicted molar refractivity (Wildman–Crippen MR) is 58.7 cm³/mol. The Balaban J connectivity index is 2.87. The fraction of sp³-hybridized carbons (Fsp3) is 0.500. The maximum absolute atomic E-state index is 5.93. The van der Waals surface area contributed by atoms with E-state index in [1.54, 1.807) is 6.07 Å². The molecule has 1 aromatic rings. The van der Waals surface area contributed by atoms with Crippen LogP contribution < -0.4 is 10.5 Å². The fourth-order valence-corrected chi connectivity index (χ4v) is 1.06. The highest BCUT2D eigenvalue weighted by Gasteiger charge is 2.19. The lowest BCUT2D eigenvalue weighted by molar-refractivity contribution is 0.0992. The lowest BCUT2D eigenvalue weighted by Gasteiger charge is -2.24. The quantitative estimate of drug-likeness (QED) is 0.842. The van der Waals surface area contributed by atoms with Crippen molar-refractivity contribution in [1.29, 1.82) is 0 Å². The number of hydrogen-bond donors (Lipinski definition) is 1. The SMILES string of the molecule is CCC(C)(C)Oc1ncc(N)cc1Cl. The Bertz CT molecular complexity index is 326. The molecule has 3 nitrogen and oxygen atoms in total. The predicted octanol–water partition coefficient (Wildman–Crippen LogP) is 2.88. The Morgan fingerprint density at radius 1 is 1.57 bits per heavy atom. The van der Waals surface area contributed by atoms with Crippen molar-refractivity contribution >= 4 is 17.3 Å². The Labute approximate surface area is 89.2 Å². The molecule has 1 aromatic heterocycles. The summed E-state index contributed by atoms with van der Waals surface area (Å²) in [4.78, 5) is 4.03. The third-order valence-corrected chi connectivity index (χ3v) is 2.32. The van der Waals surface area contributed by atoms with Gasteiger partial charge in [0, 0.05) is 0 Å². The summed E-state index contributed by atoms with van der Waals surface area (Å²) >= 11 is 5.93. The largest absolute Gasteiger partial charge is 0.471 e. The lowest BCUT2D eigenvalue weighted by atomic mass is 10.1. The van der Waals surface area contributed by atoms with Crippen molar-refractivity contribution in [3.63, 3.8) is 0 Å². The van der Waals surface area contributed by atoms with Gasteiger partial charge in [0.1, 0.15) is 10.6 Å². The van der Waals surface area contributed by atoms with Crippen LogP contribution in [0, 0.1) is 0 Å². The minimum Gasteiger partial charge on any atom is -0.471 e. The molecular weight excluding hydrogens is 200 g/mol. The van der Waals surface area contributed by atoms with Gasteiger partial charge in [0.25, 0.3) is 0 Å². The Morgan fingerprint density at radius 2 is 2.21 bits per heavy atom. The average Bonchev–Trinajstić information content (AvgIpc) is 2.10. The highest BCUT2D eigenvalue weighted by molar-refractivity contribution is 6.32. The molecule has 0 aliphatic carbocycles. The van der Waals surface area contributed by atoms with Crippen LogP contribution in [0.3, 0.4) is 0 Å². The monoisotopic (exact) mass is 214 g/mol. The number of rotatable bonds is 3. The summed E-state index contributed by atoms with van der Waals surface area (Å²) in [5.41, 5.74) is 5.80. The maximum atomic E-state index is 5.93. The van der Waals surface area contributed by atoms with Gasteiger partial charge in [0.05, 0.1) is 11.9 Å². The highest BCUT2D eigenvalue weighted by atomic mass is 35.5. The number of hydrogen-bond acceptors (Lipinski definition) is 3. The van der Waals surface area contributed by atoms with Gasteiger partial charge in [-0.15, -0.1) is 0 Å². The van der Waals surface area contributed by atoms with Crippen molar-refractivity contribution in [2.75, 3.05) is 5.73 Å². The molecule has 0 radical (unpaired) electrons. The van der Waals surface area contributed by atoms with Crippen LogP contribution in [-0.4, -0.2) is 10.6 Å². The first-order valence-electron chi connectivity index (χ1n) is 4.54. The molecule has 0 saturated carbocycles. The molecule has 1 heterocycles. The Morgan fingerprint density at radius 3 is 2.71 bits per heavy atom. The Hall–Kier alpha value is -0.960. The summed E-state index contributed by atoms with van der Waals surface area (Å²) < 4.78 is 5.64. The molecule has 0 fully saturated rings. The van der Waals surface area contributed by atoms with Gasteiger partial charge < -0.3 is 10.5 Å². The summed E-state index contributed by atoms with van der Waals surface area (Å²) in [6.45, 7) is 6.02. The molecule has 0 saturated heterocycles. The first kappa shape index (κ1) is 11.1. The molecule has 14 heavy (non-hydrogen) atoms. The second kappa shape index (κ2) is 4.05. The summed E-state index contributed by atoms with van der Waals surface area (Å²) in [7, 11) is 0. The van der Waals surface area contributed by atoms with Gasteiger partial charge in [-0.1, -0.05) is 18.5 Å². The van der Waals surface area contributed by atoms with E-state index in [1.807, 2.05) is 20.8 Å². The van der Waals surface area contributed by atoms with Gasteiger partial charge in [-0.05, 0) is 26.3 Å². The van der Waals surface area contributed by atoms with Crippen LogP contribution in [0.25, 0.3) is 0 Å². The minimum atomic E-state index is -0.257. The number of nitrogens with two attached hydrogens (primary N) is 1. The maximum Gasteiger partial charge on any atom is 0.233 e. The van der Waals surface area contributed by atoms with Gasteiger partial charge in [0.15, 0.2) is 0 Å². The average molecular weight is 215 g/mol. The molecule has 0 aliphatic heterocycles. The number of nitrogen functional groups attached to an aromatic ring is 1. The van der Waals surface area contributed by atoms with Crippen LogP contribution in [0.1, 0.15) is 27.2 Å². The van der Waals surface area contributed by atoms with Crippen molar-refractivity contribution in [2.24, 2.45) is 0 Å². The zero-order valence-electron chi connectivity index (χ0n) is 8.67. The van der Waals surface area contributed by atoms with Crippen molar-refractivity contribution in [3.8, 4) is 5.88 Å². The molecule has 0 aromatic carbocycles. The fourth-order valence-electron chi connectivity index (χ4n) is 0.849. The summed E-state index contributed by atoms with van der Waals surface area (Å²) in [6.07, 6.45) is 2.42. The smallest absolute Gasteiger partial charge is 0.233 e. The number of pyridine rings is 1. The molecule has 0 bridgehead atoms. The van der Waals surface area contributed by atoms with Crippen molar-refractivity contribution in [2.45, 2.75) is 32.8 Å². The molecule has 2 N–H and O–H groups in total. The number of aromatic nitrogens is 1. The van der Waals surface area contributed by atoms with E-state index >= 15 is 0 Å². The Kier molecular flexibility index (Phi) is 3.21. The molecule has 1 rings (SSSR count). The van der Waals surface area contributed by atoms with Crippen LogP contribution in [0.15, 0.2) is 12.3 Å². The van der Waals surface area contributed by atoms with E-state index in [9.17, 15) is 0 Å². The molecular formula is C10H15ClN2O. The van der Waals surface area contributed by atoms with Crippen LogP contribution in [0.5, 0.6) is 5.88 Å². The number of halogens is 1. The van der Waals surface area contributed by atoms with Crippen LogP contribution in [0.4, 0.5) is 5.69 Å². The van der Waals surface area contributed by atoms with E-state index in [1.165, 1.54) is 6.20 Å². The number of ether oxygens (including phenoxy) is 1. The summed E-state index contributed by atoms with van der Waals surface area (Å²) in [6, 6.07) is 1.63. The number of nitrogens with zero attached hydrogens (tertiary/aromatic N) is 1.